The SMILES string of the molecule is Cc1ccccc1-c1ccc2[nH]c3c(c2c1)CNCC3. The Morgan fingerprint density at radius 3 is 2.85 bits per heavy atom. The Bertz CT molecular complexity index is 783. The molecule has 2 nitrogen and oxygen atoms in total. The highest BCUT2D eigenvalue weighted by Gasteiger charge is 2.15. The number of nitrogens with one attached hydrogen (secondary N) is 2. The Kier molecular flexibility index (Phi) is 2.64. The van der Waals surface area contributed by atoms with Gasteiger partial charge in [-0.3, -0.25) is 0 Å². The number of benzene rings is 2. The Morgan fingerprint density at radius 1 is 1.05 bits per heavy atom. The van der Waals surface area contributed by atoms with Gasteiger partial charge in [-0.2, -0.15) is 0 Å². The lowest BCUT2D eigenvalue weighted by Gasteiger charge is -2.12. The molecule has 3 aromatic rings. The molecule has 0 aliphatic carbocycles. The van der Waals surface area contributed by atoms with Gasteiger partial charge in [0.25, 0.3) is 0 Å². The van der Waals surface area contributed by atoms with Crippen molar-refractivity contribution in [3.05, 3.63) is 59.3 Å². The van der Waals surface area contributed by atoms with Gasteiger partial charge < -0.3 is 10.3 Å². The molecule has 2 heteroatoms. The summed E-state index contributed by atoms with van der Waals surface area (Å²) in [7, 11) is 0. The number of H-pyrrole nitrogens is 1. The quantitative estimate of drug-likeness (QED) is 0.686. The van der Waals surface area contributed by atoms with Crippen molar-refractivity contribution in [1.29, 1.82) is 0 Å². The summed E-state index contributed by atoms with van der Waals surface area (Å²) in [6.07, 6.45) is 1.10. The van der Waals surface area contributed by atoms with Crippen LogP contribution in [-0.2, 0) is 13.0 Å². The summed E-state index contributed by atoms with van der Waals surface area (Å²) in [6.45, 7) is 4.23. The van der Waals surface area contributed by atoms with Crippen LogP contribution >= 0.6 is 0 Å². The zero-order chi connectivity index (χ0) is 13.5. The fraction of sp³-hybridized carbons (Fsp3) is 0.222. The lowest BCUT2D eigenvalue weighted by Crippen LogP contribution is -2.22. The zero-order valence-electron chi connectivity index (χ0n) is 11.7. The summed E-state index contributed by atoms with van der Waals surface area (Å²) < 4.78 is 0. The fourth-order valence-electron chi connectivity index (χ4n) is 3.21. The molecule has 0 spiro atoms. The lowest BCUT2D eigenvalue weighted by molar-refractivity contribution is 0.641. The average Bonchev–Trinajstić information content (AvgIpc) is 2.85. The predicted octanol–water partition coefficient (Wildman–Crippen LogP) is 3.79. The topological polar surface area (TPSA) is 27.8 Å². The second kappa shape index (κ2) is 4.50. The van der Waals surface area contributed by atoms with Crippen molar-refractivity contribution >= 4 is 10.9 Å². The monoisotopic (exact) mass is 262 g/mol. The summed E-state index contributed by atoms with van der Waals surface area (Å²) in [5.74, 6) is 0. The van der Waals surface area contributed by atoms with Gasteiger partial charge in [0.15, 0.2) is 0 Å². The first-order valence-electron chi connectivity index (χ1n) is 7.23. The first-order chi connectivity index (χ1) is 9.83. The molecular formula is C18H18N2. The number of hydrogen-bond acceptors (Lipinski definition) is 1. The lowest BCUT2D eigenvalue weighted by atomic mass is 9.98. The third-order valence-corrected chi connectivity index (χ3v) is 4.30. The molecule has 4 rings (SSSR count). The van der Waals surface area contributed by atoms with Gasteiger partial charge in [0.05, 0.1) is 0 Å². The van der Waals surface area contributed by atoms with E-state index in [4.69, 9.17) is 0 Å². The van der Waals surface area contributed by atoms with Crippen molar-refractivity contribution in [2.45, 2.75) is 19.9 Å². The molecule has 0 fully saturated rings. The van der Waals surface area contributed by atoms with Crippen molar-refractivity contribution < 1.29 is 0 Å². The standard InChI is InChI=1S/C18H18N2/c1-12-4-2-3-5-14(12)13-6-7-17-15(10-13)16-11-19-9-8-18(16)20-17/h2-7,10,19-20H,8-9,11H2,1H3. The van der Waals surface area contributed by atoms with Crippen molar-refractivity contribution in [3.63, 3.8) is 0 Å². The number of rotatable bonds is 1. The number of aryl methyl sites for hydroxylation is 1. The molecule has 100 valence electrons. The van der Waals surface area contributed by atoms with Gasteiger partial charge >= 0.3 is 0 Å². The van der Waals surface area contributed by atoms with Gasteiger partial charge in [0, 0.05) is 36.1 Å². The maximum atomic E-state index is 3.57. The molecule has 0 atom stereocenters. The Morgan fingerprint density at radius 2 is 1.95 bits per heavy atom. The second-order valence-electron chi connectivity index (χ2n) is 5.58. The number of hydrogen-bond donors (Lipinski definition) is 2. The van der Waals surface area contributed by atoms with Crippen LogP contribution in [0.15, 0.2) is 42.5 Å². The molecule has 2 N–H and O–H groups in total. The minimum absolute atomic E-state index is 0.979. The highest BCUT2D eigenvalue weighted by atomic mass is 14.9. The molecule has 1 aliphatic heterocycles. The van der Waals surface area contributed by atoms with E-state index in [1.54, 1.807) is 0 Å². The molecule has 0 saturated carbocycles. The van der Waals surface area contributed by atoms with E-state index in [0.29, 0.717) is 0 Å². The zero-order valence-corrected chi connectivity index (χ0v) is 11.7. The average molecular weight is 262 g/mol. The van der Waals surface area contributed by atoms with Gasteiger partial charge in [-0.1, -0.05) is 30.3 Å². The predicted molar refractivity (Wildman–Crippen MR) is 83.9 cm³/mol. The minimum atomic E-state index is 0.979. The number of aromatic nitrogens is 1. The maximum Gasteiger partial charge on any atom is 0.0459 e. The van der Waals surface area contributed by atoms with E-state index in [2.05, 4.69) is 59.7 Å². The molecule has 1 aliphatic rings. The third-order valence-electron chi connectivity index (χ3n) is 4.30. The molecule has 0 radical (unpaired) electrons. The van der Waals surface area contributed by atoms with Crippen LogP contribution in [0.3, 0.4) is 0 Å². The smallest absolute Gasteiger partial charge is 0.0459 e. The normalized spacial score (nSPS) is 14.4. The van der Waals surface area contributed by atoms with Crippen LogP contribution in [0.1, 0.15) is 16.8 Å². The Balaban J connectivity index is 1.92. The highest BCUT2D eigenvalue weighted by molar-refractivity contribution is 5.89. The molecule has 1 aromatic heterocycles. The third kappa shape index (κ3) is 1.76. The van der Waals surface area contributed by atoms with Gasteiger partial charge in [0.1, 0.15) is 0 Å². The van der Waals surface area contributed by atoms with Crippen molar-refractivity contribution in [2.75, 3.05) is 6.54 Å². The van der Waals surface area contributed by atoms with E-state index >= 15 is 0 Å². The van der Waals surface area contributed by atoms with Gasteiger partial charge in [-0.15, -0.1) is 0 Å². The first-order valence-corrected chi connectivity index (χ1v) is 7.23. The van der Waals surface area contributed by atoms with Gasteiger partial charge in [-0.05, 0) is 41.3 Å². The van der Waals surface area contributed by atoms with Gasteiger partial charge in [-0.25, -0.2) is 0 Å². The van der Waals surface area contributed by atoms with E-state index in [9.17, 15) is 0 Å². The maximum absolute atomic E-state index is 3.57. The molecule has 2 heterocycles. The summed E-state index contributed by atoms with van der Waals surface area (Å²) in [5, 5.41) is 4.84. The van der Waals surface area contributed by atoms with E-state index in [0.717, 1.165) is 19.5 Å². The Labute approximate surface area is 118 Å². The molecule has 0 unspecified atom stereocenters. The van der Waals surface area contributed by atoms with Gasteiger partial charge in [0.2, 0.25) is 0 Å². The van der Waals surface area contributed by atoms with Crippen molar-refractivity contribution in [1.82, 2.24) is 10.3 Å². The number of aromatic amines is 1. The Hall–Kier alpha value is -2.06. The highest BCUT2D eigenvalue weighted by Crippen LogP contribution is 2.30. The molecule has 0 bridgehead atoms. The molecular weight excluding hydrogens is 244 g/mol. The van der Waals surface area contributed by atoms with Crippen LogP contribution in [0.2, 0.25) is 0 Å². The number of fused-ring (bicyclic) bond motifs is 3. The summed E-state index contributed by atoms with van der Waals surface area (Å²) in [6, 6.07) is 15.4. The molecule has 0 amide bonds. The van der Waals surface area contributed by atoms with Crippen molar-refractivity contribution in [3.8, 4) is 11.1 Å². The van der Waals surface area contributed by atoms with Crippen LogP contribution in [0.25, 0.3) is 22.0 Å². The van der Waals surface area contributed by atoms with E-state index in [1.807, 2.05) is 0 Å². The van der Waals surface area contributed by atoms with Crippen LogP contribution in [0, 0.1) is 6.92 Å². The molecule has 2 aromatic carbocycles. The summed E-state index contributed by atoms with van der Waals surface area (Å²) in [4.78, 5) is 3.57. The van der Waals surface area contributed by atoms with Crippen molar-refractivity contribution in [2.24, 2.45) is 0 Å². The summed E-state index contributed by atoms with van der Waals surface area (Å²) in [5.41, 5.74) is 8.07. The fourth-order valence-corrected chi connectivity index (χ4v) is 3.21. The minimum Gasteiger partial charge on any atom is -0.358 e. The van der Waals surface area contributed by atoms with E-state index < -0.39 is 0 Å². The van der Waals surface area contributed by atoms with Crippen LogP contribution in [0.4, 0.5) is 0 Å². The van der Waals surface area contributed by atoms with Crippen LogP contribution in [0.5, 0.6) is 0 Å². The van der Waals surface area contributed by atoms with Crippen LogP contribution < -0.4 is 5.32 Å². The van der Waals surface area contributed by atoms with Crippen LogP contribution in [-0.4, -0.2) is 11.5 Å². The van der Waals surface area contributed by atoms with E-state index in [-0.39, 0.29) is 0 Å². The second-order valence-corrected chi connectivity index (χ2v) is 5.58. The largest absolute Gasteiger partial charge is 0.358 e. The molecule has 0 saturated heterocycles. The molecule has 20 heavy (non-hydrogen) atoms. The first kappa shape index (κ1) is 11.7. The van der Waals surface area contributed by atoms with E-state index in [1.165, 1.54) is 38.9 Å². The summed E-state index contributed by atoms with van der Waals surface area (Å²) >= 11 is 0.